The average Bonchev–Trinajstić information content (AvgIpc) is 3.04. The number of amides is 1. The summed E-state index contributed by atoms with van der Waals surface area (Å²) in [5, 5.41) is 3.56. The molecule has 3 nitrogen and oxygen atoms in total. The zero-order chi connectivity index (χ0) is 16.7. The number of fused-ring (bicyclic) bond motifs is 2. The maximum absolute atomic E-state index is 13.6. The molecule has 2 aromatic rings. The molecule has 1 spiro atoms. The average molecular weight is 336 g/mol. The van der Waals surface area contributed by atoms with Gasteiger partial charge in [-0.1, -0.05) is 49.0 Å². The minimum absolute atomic E-state index is 0.167. The van der Waals surface area contributed by atoms with Gasteiger partial charge in [0.15, 0.2) is 4.87 Å². The van der Waals surface area contributed by atoms with Crippen LogP contribution in [0.4, 0.5) is 11.4 Å². The lowest BCUT2D eigenvalue weighted by Crippen LogP contribution is -2.53. The van der Waals surface area contributed by atoms with Crippen molar-refractivity contribution in [3.63, 3.8) is 0 Å². The molecule has 0 saturated carbocycles. The molecule has 0 aromatic heterocycles. The minimum Gasteiger partial charge on any atom is -0.358 e. The molecule has 3 heterocycles. The van der Waals surface area contributed by atoms with E-state index in [4.69, 9.17) is 0 Å². The van der Waals surface area contributed by atoms with Crippen LogP contribution in [-0.4, -0.2) is 11.4 Å². The summed E-state index contributed by atoms with van der Waals surface area (Å²) < 4.78 is 0. The molecule has 4 heteroatoms. The highest BCUT2D eigenvalue weighted by molar-refractivity contribution is 8.01. The van der Waals surface area contributed by atoms with E-state index < -0.39 is 4.87 Å². The van der Waals surface area contributed by atoms with E-state index in [1.165, 1.54) is 5.56 Å². The first-order chi connectivity index (χ1) is 11.4. The lowest BCUT2D eigenvalue weighted by molar-refractivity contribution is -0.120. The SMILES string of the molecule is C[C@H]1CC(C)(C)N2C(=O)[C@@]3(Nc4ccccc4S3)c3cccc1c32. The first-order valence-corrected chi connectivity index (χ1v) is 9.30. The van der Waals surface area contributed by atoms with Crippen molar-refractivity contribution in [3.8, 4) is 0 Å². The van der Waals surface area contributed by atoms with Crippen molar-refractivity contribution in [1.82, 2.24) is 0 Å². The van der Waals surface area contributed by atoms with Gasteiger partial charge in [-0.25, -0.2) is 0 Å². The molecule has 1 amide bonds. The van der Waals surface area contributed by atoms with Gasteiger partial charge in [0.2, 0.25) is 0 Å². The number of carbonyl (C=O) groups is 1. The number of rotatable bonds is 0. The van der Waals surface area contributed by atoms with E-state index in [2.05, 4.69) is 61.3 Å². The van der Waals surface area contributed by atoms with Crippen LogP contribution in [0.25, 0.3) is 0 Å². The predicted octanol–water partition coefficient (Wildman–Crippen LogP) is 4.69. The summed E-state index contributed by atoms with van der Waals surface area (Å²) >= 11 is 1.65. The van der Waals surface area contributed by atoms with Crippen LogP contribution in [0.15, 0.2) is 47.4 Å². The highest BCUT2D eigenvalue weighted by Crippen LogP contribution is 2.61. The zero-order valence-corrected chi connectivity index (χ0v) is 14.9. The molecular weight excluding hydrogens is 316 g/mol. The van der Waals surface area contributed by atoms with Crippen molar-refractivity contribution in [2.24, 2.45) is 0 Å². The number of anilines is 2. The Labute approximate surface area is 146 Å². The van der Waals surface area contributed by atoms with Crippen molar-refractivity contribution in [3.05, 3.63) is 53.6 Å². The number of para-hydroxylation sites is 2. The number of benzene rings is 2. The molecular formula is C20H20N2OS. The molecule has 2 aromatic carbocycles. The molecule has 5 rings (SSSR count). The highest BCUT2D eigenvalue weighted by Gasteiger charge is 2.60. The van der Waals surface area contributed by atoms with Gasteiger partial charge in [0.05, 0.1) is 5.69 Å². The van der Waals surface area contributed by atoms with E-state index >= 15 is 0 Å². The zero-order valence-electron chi connectivity index (χ0n) is 14.1. The number of carbonyl (C=O) groups excluding carboxylic acids is 1. The Kier molecular flexibility index (Phi) is 2.62. The predicted molar refractivity (Wildman–Crippen MR) is 98.6 cm³/mol. The Bertz CT molecular complexity index is 864. The summed E-state index contributed by atoms with van der Waals surface area (Å²) in [4.78, 5) is 16.1. The molecule has 0 radical (unpaired) electrons. The van der Waals surface area contributed by atoms with E-state index in [1.54, 1.807) is 11.8 Å². The van der Waals surface area contributed by atoms with Gasteiger partial charge in [-0.05, 0) is 43.9 Å². The van der Waals surface area contributed by atoms with Gasteiger partial charge < -0.3 is 10.2 Å². The Morgan fingerprint density at radius 2 is 1.96 bits per heavy atom. The smallest absolute Gasteiger partial charge is 0.268 e. The Morgan fingerprint density at radius 1 is 1.17 bits per heavy atom. The molecule has 3 aliphatic rings. The van der Waals surface area contributed by atoms with Crippen molar-refractivity contribution < 1.29 is 4.79 Å². The molecule has 0 fully saturated rings. The van der Waals surface area contributed by atoms with Gasteiger partial charge in [-0.2, -0.15) is 0 Å². The third-order valence-corrected chi connectivity index (χ3v) is 6.96. The van der Waals surface area contributed by atoms with Gasteiger partial charge in [0.1, 0.15) is 0 Å². The van der Waals surface area contributed by atoms with Crippen molar-refractivity contribution >= 4 is 29.0 Å². The van der Waals surface area contributed by atoms with Crippen LogP contribution in [0, 0.1) is 0 Å². The second-order valence-electron chi connectivity index (χ2n) is 7.71. The van der Waals surface area contributed by atoms with Crippen molar-refractivity contribution in [2.75, 3.05) is 10.2 Å². The van der Waals surface area contributed by atoms with Crippen LogP contribution < -0.4 is 10.2 Å². The van der Waals surface area contributed by atoms with Crippen LogP contribution in [0.3, 0.4) is 0 Å². The van der Waals surface area contributed by atoms with Crippen molar-refractivity contribution in [2.45, 2.75) is 48.4 Å². The first-order valence-electron chi connectivity index (χ1n) is 8.48. The fourth-order valence-electron chi connectivity index (χ4n) is 4.65. The number of thioether (sulfide) groups is 1. The van der Waals surface area contributed by atoms with Crippen molar-refractivity contribution in [1.29, 1.82) is 0 Å². The second kappa shape index (κ2) is 4.37. The van der Waals surface area contributed by atoms with Gasteiger partial charge in [-0.15, -0.1) is 0 Å². The Morgan fingerprint density at radius 3 is 2.75 bits per heavy atom. The van der Waals surface area contributed by atoms with Crippen LogP contribution in [0.5, 0.6) is 0 Å². The monoisotopic (exact) mass is 336 g/mol. The first kappa shape index (κ1) is 14.4. The molecule has 1 N–H and O–H groups in total. The molecule has 3 aliphatic heterocycles. The van der Waals surface area contributed by atoms with E-state index in [0.717, 1.165) is 28.3 Å². The van der Waals surface area contributed by atoms with Crippen LogP contribution in [0.2, 0.25) is 0 Å². The van der Waals surface area contributed by atoms with E-state index in [9.17, 15) is 4.79 Å². The van der Waals surface area contributed by atoms with E-state index in [-0.39, 0.29) is 11.4 Å². The Hall–Kier alpha value is -1.94. The lowest BCUT2D eigenvalue weighted by atomic mass is 9.80. The molecule has 2 atom stereocenters. The minimum atomic E-state index is -0.712. The summed E-state index contributed by atoms with van der Waals surface area (Å²) in [6.45, 7) is 6.65. The fourth-order valence-corrected chi connectivity index (χ4v) is 5.97. The largest absolute Gasteiger partial charge is 0.358 e. The number of nitrogens with zero attached hydrogens (tertiary/aromatic N) is 1. The van der Waals surface area contributed by atoms with Gasteiger partial charge in [0, 0.05) is 21.7 Å². The van der Waals surface area contributed by atoms with Gasteiger partial charge in [0.25, 0.3) is 5.91 Å². The maximum atomic E-state index is 13.6. The number of hydrogen-bond acceptors (Lipinski definition) is 3. The summed E-state index contributed by atoms with van der Waals surface area (Å²) in [5.41, 5.74) is 4.44. The maximum Gasteiger partial charge on any atom is 0.268 e. The van der Waals surface area contributed by atoms with Crippen LogP contribution >= 0.6 is 11.8 Å². The topological polar surface area (TPSA) is 32.3 Å². The standard InChI is InChI=1S/C20H20N2OS/c1-12-11-19(2,3)22-17-13(12)7-6-8-14(17)20(18(22)23)21-15-9-4-5-10-16(15)24-20/h4-10,12,21H,11H2,1-3H3/t12-,20+/m0/s1. The molecule has 0 saturated heterocycles. The summed E-state index contributed by atoms with van der Waals surface area (Å²) in [6, 6.07) is 14.6. The molecule has 0 unspecified atom stereocenters. The Balaban J connectivity index is 1.77. The van der Waals surface area contributed by atoms with Gasteiger partial charge in [-0.3, -0.25) is 4.79 Å². The number of nitrogens with one attached hydrogen (secondary N) is 1. The third-order valence-electron chi connectivity index (χ3n) is 5.58. The normalized spacial score (nSPS) is 28.7. The summed E-state index contributed by atoms with van der Waals surface area (Å²) in [7, 11) is 0. The van der Waals surface area contributed by atoms with E-state index in [1.807, 2.05) is 12.1 Å². The number of hydrogen-bond donors (Lipinski definition) is 1. The van der Waals surface area contributed by atoms with Crippen LogP contribution in [0.1, 0.15) is 44.2 Å². The lowest BCUT2D eigenvalue weighted by Gasteiger charge is -2.44. The summed E-state index contributed by atoms with van der Waals surface area (Å²) in [5.74, 6) is 0.631. The summed E-state index contributed by atoms with van der Waals surface area (Å²) in [6.07, 6.45) is 0.989. The molecule has 24 heavy (non-hydrogen) atoms. The highest BCUT2D eigenvalue weighted by atomic mass is 32.2. The quantitative estimate of drug-likeness (QED) is 0.757. The van der Waals surface area contributed by atoms with Crippen LogP contribution in [-0.2, 0) is 9.67 Å². The molecule has 122 valence electrons. The molecule has 0 aliphatic carbocycles. The van der Waals surface area contributed by atoms with Gasteiger partial charge >= 0.3 is 0 Å². The fraction of sp³-hybridized carbons (Fsp3) is 0.350. The molecule has 0 bridgehead atoms. The van der Waals surface area contributed by atoms with E-state index in [0.29, 0.717) is 5.92 Å². The third kappa shape index (κ3) is 1.57. The second-order valence-corrected chi connectivity index (χ2v) is 8.96.